The molecule has 98 valence electrons. The second-order valence-electron chi connectivity index (χ2n) is 4.15. The second kappa shape index (κ2) is 9.40. The van der Waals surface area contributed by atoms with E-state index in [-0.39, 0.29) is 11.9 Å². The summed E-state index contributed by atoms with van der Waals surface area (Å²) < 4.78 is 5.61. The van der Waals surface area contributed by atoms with Crippen LogP contribution in [0.1, 0.15) is 46.0 Å². The summed E-state index contributed by atoms with van der Waals surface area (Å²) in [5, 5.41) is 0. The van der Waals surface area contributed by atoms with Gasteiger partial charge in [0.05, 0.1) is 7.11 Å². The molecule has 0 amide bonds. The van der Waals surface area contributed by atoms with E-state index in [0.29, 0.717) is 12.0 Å². The molecule has 0 saturated carbocycles. The van der Waals surface area contributed by atoms with Crippen LogP contribution in [0.2, 0.25) is 0 Å². The van der Waals surface area contributed by atoms with E-state index in [9.17, 15) is 9.59 Å². The number of unbranched alkanes of at least 4 members (excludes halogenated alkanes) is 2. The number of carbonyl (C=O) groups is 2. The molecule has 0 aliphatic rings. The van der Waals surface area contributed by atoms with Crippen molar-refractivity contribution < 1.29 is 14.3 Å². The molecule has 1 unspecified atom stereocenters. The molecule has 0 aliphatic carbocycles. The highest BCUT2D eigenvalue weighted by atomic mass is 79.9. The molecule has 17 heavy (non-hydrogen) atoms. The Bertz CT molecular complexity index is 284. The van der Waals surface area contributed by atoms with Gasteiger partial charge in [0, 0.05) is 16.0 Å². The van der Waals surface area contributed by atoms with Crippen molar-refractivity contribution in [3.05, 3.63) is 10.1 Å². The predicted octanol–water partition coefficient (Wildman–Crippen LogP) is 3.61. The van der Waals surface area contributed by atoms with Gasteiger partial charge in [-0.1, -0.05) is 42.6 Å². The van der Waals surface area contributed by atoms with Crippen molar-refractivity contribution in [3.8, 4) is 0 Å². The molecule has 0 aromatic rings. The fourth-order valence-corrected chi connectivity index (χ4v) is 2.08. The molecular formula is C13H21BrO3. The van der Waals surface area contributed by atoms with Crippen LogP contribution in [-0.2, 0) is 14.3 Å². The van der Waals surface area contributed by atoms with Crippen molar-refractivity contribution >= 4 is 28.2 Å². The van der Waals surface area contributed by atoms with Gasteiger partial charge >= 0.3 is 5.97 Å². The van der Waals surface area contributed by atoms with Crippen molar-refractivity contribution in [3.63, 3.8) is 0 Å². The lowest BCUT2D eigenvalue weighted by Gasteiger charge is -2.10. The number of carbonyl (C=O) groups excluding carboxylic acids is 2. The lowest BCUT2D eigenvalue weighted by molar-refractivity contribution is -0.136. The van der Waals surface area contributed by atoms with E-state index in [1.807, 2.05) is 0 Å². The van der Waals surface area contributed by atoms with Crippen LogP contribution in [0.4, 0.5) is 0 Å². The van der Waals surface area contributed by atoms with Crippen LogP contribution >= 0.6 is 15.9 Å². The summed E-state index contributed by atoms with van der Waals surface area (Å²) >= 11 is 3.44. The number of allylic oxidation sites excluding steroid dienone is 1. The van der Waals surface area contributed by atoms with Gasteiger partial charge in [0.1, 0.15) is 6.29 Å². The zero-order valence-corrected chi connectivity index (χ0v) is 12.4. The minimum Gasteiger partial charge on any atom is -0.466 e. The molecule has 0 spiro atoms. The van der Waals surface area contributed by atoms with Crippen molar-refractivity contribution in [2.24, 2.45) is 5.92 Å². The highest BCUT2D eigenvalue weighted by Crippen LogP contribution is 2.25. The first kappa shape index (κ1) is 16.4. The minimum absolute atomic E-state index is 0.164. The number of esters is 1. The maximum absolute atomic E-state index is 11.6. The number of methoxy groups -OCH3 is 1. The maximum Gasteiger partial charge on any atom is 0.334 e. The fourth-order valence-electron chi connectivity index (χ4n) is 1.48. The van der Waals surface area contributed by atoms with Crippen LogP contribution < -0.4 is 0 Å². The second-order valence-corrected chi connectivity index (χ2v) is 5.11. The molecule has 0 fully saturated rings. The van der Waals surface area contributed by atoms with Gasteiger partial charge in [0.25, 0.3) is 0 Å². The van der Waals surface area contributed by atoms with Gasteiger partial charge in [0.2, 0.25) is 0 Å². The van der Waals surface area contributed by atoms with E-state index in [1.165, 1.54) is 7.11 Å². The molecule has 0 saturated heterocycles. The molecular weight excluding hydrogens is 284 g/mol. The Morgan fingerprint density at radius 2 is 2.06 bits per heavy atom. The zero-order chi connectivity index (χ0) is 13.3. The highest BCUT2D eigenvalue weighted by molar-refractivity contribution is 9.11. The molecule has 4 heteroatoms. The molecule has 0 aromatic heterocycles. The summed E-state index contributed by atoms with van der Waals surface area (Å²) in [7, 11) is 1.36. The summed E-state index contributed by atoms with van der Waals surface area (Å²) in [6.45, 7) is 3.93. The van der Waals surface area contributed by atoms with Gasteiger partial charge < -0.3 is 9.53 Å². The number of hydrogen-bond acceptors (Lipinski definition) is 3. The standard InChI is InChI=1S/C13H21BrO3/c1-4-5-6-7-12(14)11(13(16)17-3)8-10(2)9-15/h9-10H,4-8H2,1-3H3/b12-11-. The van der Waals surface area contributed by atoms with E-state index < -0.39 is 0 Å². The lowest BCUT2D eigenvalue weighted by Crippen LogP contribution is -2.11. The summed E-state index contributed by atoms with van der Waals surface area (Å²) in [4.78, 5) is 22.3. The third kappa shape index (κ3) is 6.61. The average Bonchev–Trinajstić information content (AvgIpc) is 2.34. The Kier molecular flexibility index (Phi) is 9.04. The smallest absolute Gasteiger partial charge is 0.334 e. The van der Waals surface area contributed by atoms with Crippen molar-refractivity contribution in [1.82, 2.24) is 0 Å². The summed E-state index contributed by atoms with van der Waals surface area (Å²) in [5.41, 5.74) is 0.586. The number of hydrogen-bond donors (Lipinski definition) is 0. The zero-order valence-electron chi connectivity index (χ0n) is 10.8. The third-order valence-corrected chi connectivity index (χ3v) is 3.39. The van der Waals surface area contributed by atoms with E-state index in [0.717, 1.165) is 36.5 Å². The molecule has 0 bridgehead atoms. The summed E-state index contributed by atoms with van der Waals surface area (Å²) in [6.07, 6.45) is 5.42. The normalized spacial score (nSPS) is 13.9. The highest BCUT2D eigenvalue weighted by Gasteiger charge is 2.17. The first-order valence-corrected chi connectivity index (χ1v) is 6.77. The van der Waals surface area contributed by atoms with Gasteiger partial charge in [0.15, 0.2) is 0 Å². The largest absolute Gasteiger partial charge is 0.466 e. The monoisotopic (exact) mass is 304 g/mol. The van der Waals surface area contributed by atoms with Crippen molar-refractivity contribution in [2.45, 2.75) is 46.0 Å². The van der Waals surface area contributed by atoms with Crippen LogP contribution in [0.3, 0.4) is 0 Å². The number of rotatable bonds is 8. The van der Waals surface area contributed by atoms with Crippen LogP contribution in [0.5, 0.6) is 0 Å². The summed E-state index contributed by atoms with van der Waals surface area (Å²) in [5.74, 6) is -0.509. The maximum atomic E-state index is 11.6. The quantitative estimate of drug-likeness (QED) is 0.298. The molecule has 0 rings (SSSR count). The van der Waals surface area contributed by atoms with Crippen molar-refractivity contribution in [2.75, 3.05) is 7.11 Å². The van der Waals surface area contributed by atoms with E-state index in [4.69, 9.17) is 4.74 Å². The first-order chi connectivity index (χ1) is 8.06. The van der Waals surface area contributed by atoms with Crippen LogP contribution in [0.15, 0.2) is 10.1 Å². The third-order valence-electron chi connectivity index (χ3n) is 2.52. The van der Waals surface area contributed by atoms with E-state index >= 15 is 0 Å². The van der Waals surface area contributed by atoms with Gasteiger partial charge in [-0.2, -0.15) is 0 Å². The fraction of sp³-hybridized carbons (Fsp3) is 0.692. The van der Waals surface area contributed by atoms with Gasteiger partial charge in [-0.05, 0) is 19.3 Å². The van der Waals surface area contributed by atoms with Crippen LogP contribution in [0.25, 0.3) is 0 Å². The first-order valence-electron chi connectivity index (χ1n) is 5.97. The molecule has 0 N–H and O–H groups in total. The lowest BCUT2D eigenvalue weighted by atomic mass is 10.0. The van der Waals surface area contributed by atoms with Gasteiger partial charge in [-0.3, -0.25) is 0 Å². The Labute approximate surface area is 112 Å². The SMILES string of the molecule is CCCCC/C(Br)=C(\CC(C)C=O)C(=O)OC. The topological polar surface area (TPSA) is 43.4 Å². The Balaban J connectivity index is 4.68. The average molecular weight is 305 g/mol. The van der Waals surface area contributed by atoms with E-state index in [1.54, 1.807) is 6.92 Å². The minimum atomic E-state index is -0.345. The van der Waals surface area contributed by atoms with Crippen molar-refractivity contribution in [1.29, 1.82) is 0 Å². The number of aldehydes is 1. The Hall–Kier alpha value is -0.640. The Morgan fingerprint density at radius 1 is 1.41 bits per heavy atom. The van der Waals surface area contributed by atoms with Crippen LogP contribution in [0, 0.1) is 5.92 Å². The number of halogens is 1. The Morgan fingerprint density at radius 3 is 2.53 bits per heavy atom. The molecule has 1 atom stereocenters. The predicted molar refractivity (Wildman–Crippen MR) is 72.0 cm³/mol. The van der Waals surface area contributed by atoms with Gasteiger partial charge in [-0.15, -0.1) is 0 Å². The van der Waals surface area contributed by atoms with Crippen LogP contribution in [-0.4, -0.2) is 19.4 Å². The van der Waals surface area contributed by atoms with Gasteiger partial charge in [-0.25, -0.2) is 4.79 Å². The molecule has 0 heterocycles. The number of ether oxygens (including phenoxy) is 1. The van der Waals surface area contributed by atoms with E-state index in [2.05, 4.69) is 22.9 Å². The molecule has 0 radical (unpaired) electrons. The molecule has 0 aromatic carbocycles. The molecule has 3 nitrogen and oxygen atoms in total. The molecule has 0 aliphatic heterocycles. The summed E-state index contributed by atoms with van der Waals surface area (Å²) in [6, 6.07) is 0.